The molecule has 0 aliphatic carbocycles. The third-order valence-electron chi connectivity index (χ3n) is 2.22. The largest absolute Gasteiger partial charge is 0.368 e. The van der Waals surface area contributed by atoms with E-state index in [9.17, 15) is 9.59 Å². The summed E-state index contributed by atoms with van der Waals surface area (Å²) >= 11 is 0. The monoisotopic (exact) mass is 224 g/mol. The van der Waals surface area contributed by atoms with Crippen molar-refractivity contribution in [1.29, 1.82) is 0 Å². The summed E-state index contributed by atoms with van der Waals surface area (Å²) in [6, 6.07) is 0. The van der Waals surface area contributed by atoms with Crippen molar-refractivity contribution in [3.8, 4) is 0 Å². The van der Waals surface area contributed by atoms with Crippen molar-refractivity contribution in [2.45, 2.75) is 33.6 Å². The Morgan fingerprint density at radius 1 is 1.50 bits per heavy atom. The molecule has 0 bridgehead atoms. The van der Waals surface area contributed by atoms with Crippen LogP contribution in [-0.2, 0) is 9.59 Å². The van der Waals surface area contributed by atoms with Gasteiger partial charge in [0.2, 0.25) is 11.8 Å². The molecule has 1 aliphatic rings. The fraction of sp³-hybridized carbons (Fsp3) is 0.500. The third-order valence-corrected chi connectivity index (χ3v) is 2.22. The van der Waals surface area contributed by atoms with E-state index in [1.165, 1.54) is 6.20 Å². The van der Waals surface area contributed by atoms with Gasteiger partial charge in [0.1, 0.15) is 0 Å². The van der Waals surface area contributed by atoms with E-state index in [4.69, 9.17) is 0 Å². The van der Waals surface area contributed by atoms with E-state index < -0.39 is 0 Å². The van der Waals surface area contributed by atoms with Crippen molar-refractivity contribution in [2.75, 3.05) is 0 Å². The number of hydrogen-bond donors (Lipinski definition) is 2. The van der Waals surface area contributed by atoms with Crippen LogP contribution >= 0.6 is 0 Å². The third kappa shape index (κ3) is 4.29. The SMILES string of the molecule is C=CN/C=C(\C)C1CCC(=O)NC1=O.CC. The highest BCUT2D eigenvalue weighted by atomic mass is 16.2. The molecule has 2 N–H and O–H groups in total. The zero-order valence-electron chi connectivity index (χ0n) is 10.2. The first kappa shape index (κ1) is 14.4. The van der Waals surface area contributed by atoms with Gasteiger partial charge in [0.15, 0.2) is 0 Å². The molecule has 1 aliphatic heterocycles. The molecule has 0 saturated carbocycles. The molecule has 1 rings (SSSR count). The molecule has 0 aromatic rings. The van der Waals surface area contributed by atoms with E-state index in [1.807, 2.05) is 20.8 Å². The van der Waals surface area contributed by atoms with Crippen molar-refractivity contribution < 1.29 is 9.59 Å². The second kappa shape index (κ2) is 7.68. The van der Waals surface area contributed by atoms with Crippen LogP contribution < -0.4 is 10.6 Å². The van der Waals surface area contributed by atoms with E-state index in [2.05, 4.69) is 17.2 Å². The van der Waals surface area contributed by atoms with Gasteiger partial charge in [-0.2, -0.15) is 0 Å². The second-order valence-electron chi connectivity index (χ2n) is 3.26. The lowest BCUT2D eigenvalue weighted by Crippen LogP contribution is -2.41. The lowest BCUT2D eigenvalue weighted by molar-refractivity contribution is -0.135. The van der Waals surface area contributed by atoms with Crippen LogP contribution in [0.4, 0.5) is 0 Å². The molecular formula is C12H20N2O2. The van der Waals surface area contributed by atoms with Gasteiger partial charge in [-0.1, -0.05) is 20.4 Å². The average molecular weight is 224 g/mol. The van der Waals surface area contributed by atoms with Crippen molar-refractivity contribution in [2.24, 2.45) is 5.92 Å². The number of carbonyl (C=O) groups excluding carboxylic acids is 2. The van der Waals surface area contributed by atoms with Crippen LogP contribution in [0.25, 0.3) is 0 Å². The molecule has 1 atom stereocenters. The Balaban J connectivity index is 0.00000106. The Kier molecular flexibility index (Phi) is 6.92. The maximum atomic E-state index is 11.4. The highest BCUT2D eigenvalue weighted by Gasteiger charge is 2.27. The second-order valence-corrected chi connectivity index (χ2v) is 3.26. The summed E-state index contributed by atoms with van der Waals surface area (Å²) in [6.07, 6.45) is 4.27. The molecule has 0 spiro atoms. The first-order valence-electron chi connectivity index (χ1n) is 5.52. The van der Waals surface area contributed by atoms with E-state index in [-0.39, 0.29) is 17.7 Å². The zero-order valence-corrected chi connectivity index (χ0v) is 10.2. The number of nitrogens with one attached hydrogen (secondary N) is 2. The van der Waals surface area contributed by atoms with Gasteiger partial charge in [0, 0.05) is 12.6 Å². The molecule has 4 heteroatoms. The molecular weight excluding hydrogens is 204 g/mol. The molecule has 1 heterocycles. The van der Waals surface area contributed by atoms with Crippen molar-refractivity contribution in [1.82, 2.24) is 10.6 Å². The molecule has 0 aromatic carbocycles. The molecule has 1 saturated heterocycles. The molecule has 2 amide bonds. The van der Waals surface area contributed by atoms with Crippen molar-refractivity contribution >= 4 is 11.8 Å². The Morgan fingerprint density at radius 3 is 2.62 bits per heavy atom. The van der Waals surface area contributed by atoms with Crippen LogP contribution in [-0.4, -0.2) is 11.8 Å². The van der Waals surface area contributed by atoms with Crippen LogP contribution in [0, 0.1) is 5.92 Å². The van der Waals surface area contributed by atoms with Crippen molar-refractivity contribution in [3.05, 3.63) is 24.6 Å². The fourth-order valence-electron chi connectivity index (χ4n) is 1.42. The highest BCUT2D eigenvalue weighted by molar-refractivity contribution is 5.99. The molecule has 1 fully saturated rings. The summed E-state index contributed by atoms with van der Waals surface area (Å²) in [5.41, 5.74) is 0.912. The molecule has 4 nitrogen and oxygen atoms in total. The van der Waals surface area contributed by atoms with Gasteiger partial charge < -0.3 is 5.32 Å². The van der Waals surface area contributed by atoms with Gasteiger partial charge >= 0.3 is 0 Å². The van der Waals surface area contributed by atoms with Gasteiger partial charge in [0.05, 0.1) is 5.92 Å². The first-order chi connectivity index (χ1) is 7.65. The summed E-state index contributed by atoms with van der Waals surface area (Å²) in [5.74, 6) is -0.586. The normalized spacial score (nSPS) is 20.4. The minimum atomic E-state index is -0.208. The minimum absolute atomic E-state index is 0.185. The Hall–Kier alpha value is -1.58. The van der Waals surface area contributed by atoms with E-state index in [1.54, 1.807) is 6.20 Å². The topological polar surface area (TPSA) is 58.2 Å². The number of piperidine rings is 1. The fourth-order valence-corrected chi connectivity index (χ4v) is 1.42. The van der Waals surface area contributed by atoms with E-state index in [0.29, 0.717) is 12.8 Å². The quantitative estimate of drug-likeness (QED) is 0.717. The molecule has 0 radical (unpaired) electrons. The smallest absolute Gasteiger partial charge is 0.233 e. The summed E-state index contributed by atoms with van der Waals surface area (Å²) in [7, 11) is 0. The van der Waals surface area contributed by atoms with Gasteiger partial charge in [-0.25, -0.2) is 0 Å². The minimum Gasteiger partial charge on any atom is -0.368 e. The maximum Gasteiger partial charge on any atom is 0.233 e. The zero-order chi connectivity index (χ0) is 12.6. The van der Waals surface area contributed by atoms with E-state index >= 15 is 0 Å². The standard InChI is InChI=1S/C10H14N2O2.C2H6/c1-3-11-6-7(2)8-4-5-9(13)12-10(8)14;1-2/h3,6,8,11H,1,4-5H2,2H3,(H,12,13,14);1-2H3/b7-6+;. The predicted octanol–water partition coefficient (Wildman–Crippen LogP) is 1.70. The number of hydrogen-bond acceptors (Lipinski definition) is 3. The number of amides is 2. The summed E-state index contributed by atoms with van der Waals surface area (Å²) in [4.78, 5) is 22.3. The van der Waals surface area contributed by atoms with E-state index in [0.717, 1.165) is 5.57 Å². The van der Waals surface area contributed by atoms with Gasteiger partial charge in [0.25, 0.3) is 0 Å². The van der Waals surface area contributed by atoms with Crippen LogP contribution in [0.5, 0.6) is 0 Å². The van der Waals surface area contributed by atoms with Crippen LogP contribution in [0.15, 0.2) is 24.6 Å². The number of rotatable bonds is 3. The Morgan fingerprint density at radius 2 is 2.12 bits per heavy atom. The summed E-state index contributed by atoms with van der Waals surface area (Å²) in [6.45, 7) is 9.36. The molecule has 16 heavy (non-hydrogen) atoms. The van der Waals surface area contributed by atoms with Crippen LogP contribution in [0.2, 0.25) is 0 Å². The highest BCUT2D eigenvalue weighted by Crippen LogP contribution is 2.19. The van der Waals surface area contributed by atoms with Crippen LogP contribution in [0.3, 0.4) is 0 Å². The lowest BCUT2D eigenvalue weighted by atomic mass is 9.92. The van der Waals surface area contributed by atoms with Gasteiger partial charge in [-0.15, -0.1) is 0 Å². The molecule has 1 unspecified atom stereocenters. The van der Waals surface area contributed by atoms with Crippen LogP contribution in [0.1, 0.15) is 33.6 Å². The molecule has 90 valence electrons. The Labute approximate surface area is 96.8 Å². The van der Waals surface area contributed by atoms with Gasteiger partial charge in [-0.05, 0) is 25.1 Å². The average Bonchev–Trinajstić information content (AvgIpc) is 2.28. The number of imide groups is 1. The predicted molar refractivity (Wildman–Crippen MR) is 64.3 cm³/mol. The number of carbonyl (C=O) groups is 2. The summed E-state index contributed by atoms with van der Waals surface area (Å²) in [5, 5.41) is 5.13. The summed E-state index contributed by atoms with van der Waals surface area (Å²) < 4.78 is 0. The van der Waals surface area contributed by atoms with Crippen molar-refractivity contribution in [3.63, 3.8) is 0 Å². The maximum absolute atomic E-state index is 11.4. The first-order valence-corrected chi connectivity index (χ1v) is 5.52. The Bertz CT molecular complexity index is 295. The lowest BCUT2D eigenvalue weighted by Gasteiger charge is -2.21. The molecule has 0 aromatic heterocycles. The van der Waals surface area contributed by atoms with Gasteiger partial charge in [-0.3, -0.25) is 14.9 Å².